The summed E-state index contributed by atoms with van der Waals surface area (Å²) < 4.78 is 0. The predicted molar refractivity (Wildman–Crippen MR) is 57.5 cm³/mol. The zero-order valence-electron chi connectivity index (χ0n) is 8.25. The molecule has 2 N–H and O–H groups in total. The summed E-state index contributed by atoms with van der Waals surface area (Å²) >= 11 is 2.10. The van der Waals surface area contributed by atoms with Gasteiger partial charge in [-0.05, 0) is 42.6 Å². The van der Waals surface area contributed by atoms with Crippen molar-refractivity contribution < 1.29 is 0 Å². The van der Waals surface area contributed by atoms with Crippen LogP contribution in [0.3, 0.4) is 0 Å². The fraction of sp³-hybridized carbons (Fsp3) is 1.00. The highest BCUT2D eigenvalue weighted by molar-refractivity contribution is 7.99. The summed E-state index contributed by atoms with van der Waals surface area (Å²) in [6.45, 7) is 4.45. The van der Waals surface area contributed by atoms with Crippen molar-refractivity contribution in [3.05, 3.63) is 0 Å². The summed E-state index contributed by atoms with van der Waals surface area (Å²) in [5.41, 5.74) is 6.04. The number of thioether (sulfide) groups is 1. The van der Waals surface area contributed by atoms with Crippen molar-refractivity contribution in [2.24, 2.45) is 17.6 Å². The lowest BCUT2D eigenvalue weighted by molar-refractivity contribution is 0.374. The maximum absolute atomic E-state index is 6.04. The second-order valence-electron chi connectivity index (χ2n) is 4.23. The van der Waals surface area contributed by atoms with Crippen molar-refractivity contribution in [2.75, 3.05) is 11.5 Å². The third kappa shape index (κ3) is 3.36. The van der Waals surface area contributed by atoms with E-state index in [2.05, 4.69) is 25.6 Å². The first-order valence-corrected chi connectivity index (χ1v) is 6.19. The molecule has 1 heterocycles. The molecule has 0 aromatic carbocycles. The molecular weight excluding hydrogens is 166 g/mol. The van der Waals surface area contributed by atoms with Gasteiger partial charge in [0, 0.05) is 6.04 Å². The highest BCUT2D eigenvalue weighted by Gasteiger charge is 2.18. The third-order valence-corrected chi connectivity index (χ3v) is 4.00. The summed E-state index contributed by atoms with van der Waals surface area (Å²) in [6, 6.07) is 0.425. The van der Waals surface area contributed by atoms with Gasteiger partial charge < -0.3 is 5.73 Å². The monoisotopic (exact) mass is 187 g/mol. The van der Waals surface area contributed by atoms with Gasteiger partial charge in [0.15, 0.2) is 0 Å². The summed E-state index contributed by atoms with van der Waals surface area (Å²) in [6.07, 6.45) is 4.05. The maximum Gasteiger partial charge on any atom is 0.00648 e. The second-order valence-corrected chi connectivity index (χ2v) is 5.38. The van der Waals surface area contributed by atoms with Gasteiger partial charge in [-0.2, -0.15) is 11.8 Å². The lowest BCUT2D eigenvalue weighted by atomic mass is 9.91. The number of hydrogen-bond donors (Lipinski definition) is 1. The Balaban J connectivity index is 2.20. The van der Waals surface area contributed by atoms with Crippen LogP contribution in [0.15, 0.2) is 0 Å². The van der Waals surface area contributed by atoms with E-state index in [1.165, 1.54) is 30.8 Å². The third-order valence-electron chi connectivity index (χ3n) is 2.72. The van der Waals surface area contributed by atoms with E-state index in [1.807, 2.05) is 0 Å². The quantitative estimate of drug-likeness (QED) is 0.734. The van der Waals surface area contributed by atoms with Crippen LogP contribution in [0.5, 0.6) is 0 Å². The second kappa shape index (κ2) is 5.13. The molecule has 2 heteroatoms. The number of hydrogen-bond acceptors (Lipinski definition) is 2. The van der Waals surface area contributed by atoms with Gasteiger partial charge in [-0.25, -0.2) is 0 Å². The van der Waals surface area contributed by atoms with E-state index < -0.39 is 0 Å². The van der Waals surface area contributed by atoms with Gasteiger partial charge in [0.25, 0.3) is 0 Å². The molecule has 0 spiro atoms. The van der Waals surface area contributed by atoms with Gasteiger partial charge in [0.1, 0.15) is 0 Å². The molecule has 0 aromatic rings. The summed E-state index contributed by atoms with van der Waals surface area (Å²) in [5, 5.41) is 0. The van der Waals surface area contributed by atoms with Gasteiger partial charge in [-0.3, -0.25) is 0 Å². The minimum absolute atomic E-state index is 0.425. The Kier molecular flexibility index (Phi) is 4.44. The summed E-state index contributed by atoms with van der Waals surface area (Å²) in [4.78, 5) is 0. The molecule has 2 unspecified atom stereocenters. The van der Waals surface area contributed by atoms with Gasteiger partial charge in [0.2, 0.25) is 0 Å². The zero-order chi connectivity index (χ0) is 8.97. The van der Waals surface area contributed by atoms with Crippen molar-refractivity contribution in [2.45, 2.75) is 39.2 Å². The molecule has 1 aliphatic rings. The van der Waals surface area contributed by atoms with Crippen molar-refractivity contribution in [1.29, 1.82) is 0 Å². The topological polar surface area (TPSA) is 26.0 Å². The molecule has 0 aromatic heterocycles. The SMILES string of the molecule is CC(C)C(N)CC1CCCSC1. The normalized spacial score (nSPS) is 27.5. The van der Waals surface area contributed by atoms with E-state index in [9.17, 15) is 0 Å². The standard InChI is InChI=1S/C10H21NS/c1-8(2)10(11)6-9-4-3-5-12-7-9/h8-10H,3-7,11H2,1-2H3. The Morgan fingerprint density at radius 2 is 2.25 bits per heavy atom. The van der Waals surface area contributed by atoms with Gasteiger partial charge in [-0.15, -0.1) is 0 Å². The Labute approximate surface area is 80.5 Å². The van der Waals surface area contributed by atoms with Crippen LogP contribution in [-0.2, 0) is 0 Å². The molecule has 1 aliphatic heterocycles. The minimum atomic E-state index is 0.425. The van der Waals surface area contributed by atoms with E-state index in [0.717, 1.165) is 5.92 Å². The first-order chi connectivity index (χ1) is 5.70. The Bertz CT molecular complexity index is 119. The lowest BCUT2D eigenvalue weighted by Gasteiger charge is -2.25. The average Bonchev–Trinajstić information content (AvgIpc) is 2.06. The Morgan fingerprint density at radius 3 is 2.75 bits per heavy atom. The zero-order valence-corrected chi connectivity index (χ0v) is 9.07. The van der Waals surface area contributed by atoms with Gasteiger partial charge in [0.05, 0.1) is 0 Å². The van der Waals surface area contributed by atoms with Crippen LogP contribution in [-0.4, -0.2) is 17.5 Å². The molecule has 0 amide bonds. The number of nitrogens with two attached hydrogens (primary N) is 1. The van der Waals surface area contributed by atoms with E-state index in [0.29, 0.717) is 12.0 Å². The Morgan fingerprint density at radius 1 is 1.50 bits per heavy atom. The molecule has 0 saturated carbocycles. The van der Waals surface area contributed by atoms with Crippen molar-refractivity contribution in [3.63, 3.8) is 0 Å². The van der Waals surface area contributed by atoms with Crippen LogP contribution in [0.25, 0.3) is 0 Å². The van der Waals surface area contributed by atoms with Crippen molar-refractivity contribution in [1.82, 2.24) is 0 Å². The molecule has 0 aliphatic carbocycles. The first-order valence-electron chi connectivity index (χ1n) is 5.03. The lowest BCUT2D eigenvalue weighted by Crippen LogP contribution is -2.30. The average molecular weight is 187 g/mol. The van der Waals surface area contributed by atoms with E-state index in [1.54, 1.807) is 0 Å². The fourth-order valence-electron chi connectivity index (χ4n) is 1.65. The van der Waals surface area contributed by atoms with Crippen LogP contribution < -0.4 is 5.73 Å². The fourth-order valence-corrected chi connectivity index (χ4v) is 2.82. The van der Waals surface area contributed by atoms with Crippen molar-refractivity contribution >= 4 is 11.8 Å². The Hall–Kier alpha value is 0.310. The van der Waals surface area contributed by atoms with Crippen LogP contribution in [0, 0.1) is 11.8 Å². The molecule has 0 radical (unpaired) electrons. The molecule has 12 heavy (non-hydrogen) atoms. The number of rotatable bonds is 3. The molecule has 1 nitrogen and oxygen atoms in total. The molecular formula is C10H21NS. The van der Waals surface area contributed by atoms with E-state index in [4.69, 9.17) is 5.73 Å². The van der Waals surface area contributed by atoms with E-state index in [-0.39, 0.29) is 0 Å². The van der Waals surface area contributed by atoms with Crippen molar-refractivity contribution in [3.8, 4) is 0 Å². The van der Waals surface area contributed by atoms with Crippen LogP contribution in [0.4, 0.5) is 0 Å². The van der Waals surface area contributed by atoms with Crippen LogP contribution >= 0.6 is 11.8 Å². The molecule has 0 bridgehead atoms. The first kappa shape index (κ1) is 10.4. The highest BCUT2D eigenvalue weighted by Crippen LogP contribution is 2.26. The van der Waals surface area contributed by atoms with Gasteiger partial charge >= 0.3 is 0 Å². The molecule has 2 atom stereocenters. The van der Waals surface area contributed by atoms with Crippen LogP contribution in [0.1, 0.15) is 33.1 Å². The summed E-state index contributed by atoms with van der Waals surface area (Å²) in [5.74, 6) is 4.27. The maximum atomic E-state index is 6.04. The molecule has 1 fully saturated rings. The largest absolute Gasteiger partial charge is 0.327 e. The summed E-state index contributed by atoms with van der Waals surface area (Å²) in [7, 11) is 0. The molecule has 1 rings (SSSR count). The van der Waals surface area contributed by atoms with Gasteiger partial charge in [-0.1, -0.05) is 13.8 Å². The predicted octanol–water partition coefficient (Wildman–Crippen LogP) is 2.50. The highest BCUT2D eigenvalue weighted by atomic mass is 32.2. The van der Waals surface area contributed by atoms with Crippen LogP contribution in [0.2, 0.25) is 0 Å². The molecule has 1 saturated heterocycles. The smallest absolute Gasteiger partial charge is 0.00648 e. The van der Waals surface area contributed by atoms with E-state index >= 15 is 0 Å². The minimum Gasteiger partial charge on any atom is -0.327 e. The molecule has 72 valence electrons.